The van der Waals surface area contributed by atoms with Crippen molar-refractivity contribution in [2.75, 3.05) is 11.5 Å². The summed E-state index contributed by atoms with van der Waals surface area (Å²) in [4.78, 5) is 31.2. The molecule has 0 saturated carbocycles. The highest BCUT2D eigenvalue weighted by Crippen LogP contribution is 2.37. The Morgan fingerprint density at radius 1 is 0.771 bits per heavy atom. The van der Waals surface area contributed by atoms with E-state index in [-0.39, 0.29) is 29.2 Å². The number of hydrogen-bond acceptors (Lipinski definition) is 10. The fraction of sp³-hybridized carbons (Fsp3) is 0.125. The Balaban J connectivity index is 0.000000179. The van der Waals surface area contributed by atoms with Crippen LogP contribution in [0.25, 0.3) is 33.3 Å². The molecule has 2 aromatic carbocycles. The molecule has 0 amide bonds. The Hall–Kier alpha value is -3.96. The molecule has 0 unspecified atom stereocenters. The molecule has 16 heteroatoms. The fourth-order valence-electron chi connectivity index (χ4n) is 4.45. The summed E-state index contributed by atoms with van der Waals surface area (Å²) in [7, 11) is -1.83. The average Bonchev–Trinajstić information content (AvgIpc) is 3.61. The van der Waals surface area contributed by atoms with Crippen LogP contribution in [-0.2, 0) is 0 Å². The van der Waals surface area contributed by atoms with Gasteiger partial charge < -0.3 is 30.3 Å². The summed E-state index contributed by atoms with van der Waals surface area (Å²) in [5.74, 6) is -0.932. The number of nitrogens with zero attached hydrogens (tertiary/aromatic N) is 2. The molecule has 0 aliphatic carbocycles. The van der Waals surface area contributed by atoms with Crippen LogP contribution >= 0.6 is 47.8 Å². The average molecular weight is 851 g/mol. The smallest absolute Gasteiger partial charge is 0.464 e. The van der Waals surface area contributed by atoms with Crippen LogP contribution in [0.3, 0.4) is 0 Å². The van der Waals surface area contributed by atoms with E-state index in [9.17, 15) is 28.4 Å². The number of ketones is 2. The van der Waals surface area contributed by atoms with Crippen LogP contribution in [-0.4, -0.2) is 38.7 Å². The number of carbonyl (C=O) groups is 2. The molecule has 4 heterocycles. The molecular weight excluding hydrogens is 825 g/mol. The first kappa shape index (κ1) is 36.9. The first-order chi connectivity index (χ1) is 22.7. The minimum Gasteiger partial charge on any atom is -0.464 e. The van der Waals surface area contributed by atoms with Crippen molar-refractivity contribution < 1.29 is 37.3 Å². The van der Waals surface area contributed by atoms with E-state index in [1.165, 1.54) is 36.7 Å². The first-order valence-electron chi connectivity index (χ1n) is 14.1. The number of benzene rings is 2. The van der Waals surface area contributed by atoms with Crippen molar-refractivity contribution in [2.45, 2.75) is 26.7 Å². The molecule has 10 nitrogen and oxygen atoms in total. The zero-order valence-electron chi connectivity index (χ0n) is 25.2. The number of hydrogen-bond donors (Lipinski definition) is 4. The third kappa shape index (κ3) is 8.36. The van der Waals surface area contributed by atoms with Crippen molar-refractivity contribution in [1.29, 1.82) is 0 Å². The molecule has 0 fully saturated rings. The molecule has 6 aromatic rings. The van der Waals surface area contributed by atoms with Gasteiger partial charge in [0.25, 0.3) is 0 Å². The topological polar surface area (TPSA) is 179 Å². The lowest BCUT2D eigenvalue weighted by Crippen LogP contribution is -2.32. The number of nitrogens with two attached hydrogens (primary N) is 2. The van der Waals surface area contributed by atoms with E-state index in [2.05, 4.69) is 57.8 Å². The molecule has 0 aliphatic rings. The van der Waals surface area contributed by atoms with E-state index in [1.54, 1.807) is 38.1 Å². The SMILES string of the molecule is CCC(=O)c1c(-c2ccc(F)nc2)oc2cc(N)c(Br)cc12.CCC(=O)c1c(B(O)O)oc2cc(N)c(Br)cc12.Fc1ccc(Br)cn1. The molecule has 0 aliphatic heterocycles. The molecule has 248 valence electrons. The maximum Gasteiger partial charge on any atom is 0.527 e. The van der Waals surface area contributed by atoms with Gasteiger partial charge in [0, 0.05) is 78.5 Å². The van der Waals surface area contributed by atoms with Crippen molar-refractivity contribution >= 4 is 105 Å². The highest BCUT2D eigenvalue weighted by Gasteiger charge is 2.28. The van der Waals surface area contributed by atoms with Gasteiger partial charge in [-0.1, -0.05) is 13.8 Å². The van der Waals surface area contributed by atoms with E-state index in [0.29, 0.717) is 65.6 Å². The van der Waals surface area contributed by atoms with Gasteiger partial charge in [-0.2, -0.15) is 8.78 Å². The van der Waals surface area contributed by atoms with Crippen molar-refractivity contribution in [2.24, 2.45) is 0 Å². The Morgan fingerprint density at radius 3 is 1.73 bits per heavy atom. The van der Waals surface area contributed by atoms with Gasteiger partial charge in [-0.15, -0.1) is 0 Å². The summed E-state index contributed by atoms with van der Waals surface area (Å²) in [6.07, 6.45) is 3.34. The maximum atomic E-state index is 13.0. The normalized spacial score (nSPS) is 10.7. The van der Waals surface area contributed by atoms with Crippen LogP contribution in [0.4, 0.5) is 20.2 Å². The zero-order valence-corrected chi connectivity index (χ0v) is 30.0. The summed E-state index contributed by atoms with van der Waals surface area (Å²) in [6.45, 7) is 3.47. The highest BCUT2D eigenvalue weighted by molar-refractivity contribution is 9.11. The number of pyridine rings is 2. The predicted molar refractivity (Wildman–Crippen MR) is 191 cm³/mol. The van der Waals surface area contributed by atoms with Crippen LogP contribution in [0.2, 0.25) is 0 Å². The molecule has 0 atom stereocenters. The molecule has 6 rings (SSSR count). The Morgan fingerprint density at radius 2 is 1.27 bits per heavy atom. The van der Waals surface area contributed by atoms with E-state index in [4.69, 9.17) is 20.3 Å². The summed E-state index contributed by atoms with van der Waals surface area (Å²) in [5.41, 5.74) is 14.5. The van der Waals surface area contributed by atoms with Crippen molar-refractivity contribution in [1.82, 2.24) is 9.97 Å². The van der Waals surface area contributed by atoms with Gasteiger partial charge >= 0.3 is 7.12 Å². The molecule has 0 saturated heterocycles. The third-order valence-electron chi connectivity index (χ3n) is 6.76. The fourth-order valence-corrected chi connectivity index (χ4v) is 5.38. The number of anilines is 2. The van der Waals surface area contributed by atoms with Gasteiger partial charge in [0.2, 0.25) is 11.9 Å². The summed E-state index contributed by atoms with van der Waals surface area (Å²) >= 11 is 9.74. The number of Topliss-reactive ketones (excluding diaryl/α,β-unsaturated/α-hetero) is 2. The van der Waals surface area contributed by atoms with Crippen LogP contribution in [0.15, 0.2) is 83.2 Å². The van der Waals surface area contributed by atoms with Crippen molar-refractivity contribution in [3.8, 4) is 11.3 Å². The Bertz CT molecular complexity index is 2090. The lowest BCUT2D eigenvalue weighted by molar-refractivity contribution is 0.0981. The molecule has 6 N–H and O–H groups in total. The molecule has 4 aromatic heterocycles. The second-order valence-corrected chi connectivity index (χ2v) is 12.6. The van der Waals surface area contributed by atoms with Crippen LogP contribution in [0.5, 0.6) is 0 Å². The van der Waals surface area contributed by atoms with Gasteiger partial charge in [-0.05, 0) is 84.2 Å². The molecule has 48 heavy (non-hydrogen) atoms. The highest BCUT2D eigenvalue weighted by atomic mass is 79.9. The van der Waals surface area contributed by atoms with Gasteiger partial charge in [-0.3, -0.25) is 9.59 Å². The standard InChI is InChI=1S/C16H12BrFN2O2.C11H11BBrNO4.C5H3BrFN/c1-2-12(21)15-9-5-10(17)11(19)6-13(9)22-16(15)8-3-4-14(18)20-7-8;1-2-8(15)10-5-3-6(13)7(14)4-9(5)18-11(10)12(16)17;6-4-1-2-5(7)8-3-4/h3-7H,2,19H2,1H3;3-4,16-17H,2,14H2,1H3;1-3H. The minimum absolute atomic E-state index is 0.0604. The van der Waals surface area contributed by atoms with Crippen LogP contribution in [0.1, 0.15) is 47.4 Å². The van der Waals surface area contributed by atoms with Crippen molar-refractivity contribution in [3.05, 3.63) is 97.4 Å². The van der Waals surface area contributed by atoms with Crippen LogP contribution in [0, 0.1) is 11.9 Å². The zero-order chi connectivity index (χ0) is 35.3. The third-order valence-corrected chi connectivity index (χ3v) is 8.60. The van der Waals surface area contributed by atoms with Gasteiger partial charge in [0.1, 0.15) is 22.6 Å². The maximum absolute atomic E-state index is 13.0. The van der Waals surface area contributed by atoms with E-state index >= 15 is 0 Å². The number of nitrogen functional groups attached to an aromatic ring is 2. The molecular formula is C32H26BBr3F2N4O6. The minimum atomic E-state index is -1.83. The monoisotopic (exact) mass is 848 g/mol. The number of furan rings is 2. The van der Waals surface area contributed by atoms with Gasteiger partial charge in [0.15, 0.2) is 11.6 Å². The summed E-state index contributed by atoms with van der Waals surface area (Å²) in [5, 5.41) is 19.7. The predicted octanol–water partition coefficient (Wildman–Crippen LogP) is 7.60. The molecule has 0 spiro atoms. The lowest BCUT2D eigenvalue weighted by atomic mass is 9.82. The Kier molecular flexibility index (Phi) is 12.3. The van der Waals surface area contributed by atoms with E-state index in [1.807, 2.05) is 0 Å². The van der Waals surface area contributed by atoms with E-state index < -0.39 is 19.0 Å². The molecule has 0 radical (unpaired) electrons. The largest absolute Gasteiger partial charge is 0.527 e. The summed E-state index contributed by atoms with van der Waals surface area (Å²) in [6, 6.07) is 12.3. The van der Waals surface area contributed by atoms with Gasteiger partial charge in [-0.25, -0.2) is 9.97 Å². The van der Waals surface area contributed by atoms with E-state index in [0.717, 1.165) is 4.47 Å². The number of carbonyl (C=O) groups excluding carboxylic acids is 2. The quantitative estimate of drug-likeness (QED) is 0.0565. The number of rotatable bonds is 6. The van der Waals surface area contributed by atoms with Crippen molar-refractivity contribution in [3.63, 3.8) is 0 Å². The lowest BCUT2D eigenvalue weighted by Gasteiger charge is -2.01. The second-order valence-electron chi connectivity index (χ2n) is 9.98. The van der Waals surface area contributed by atoms with Crippen LogP contribution < -0.4 is 17.1 Å². The number of aromatic nitrogens is 2. The molecule has 0 bridgehead atoms. The van der Waals surface area contributed by atoms with Gasteiger partial charge in [0.05, 0.1) is 11.1 Å². The second kappa shape index (κ2) is 16.0. The summed E-state index contributed by atoms with van der Waals surface area (Å²) < 4.78 is 38.2. The first-order valence-corrected chi connectivity index (χ1v) is 16.5. The number of fused-ring (bicyclic) bond motifs is 2. The number of halogens is 5. The Labute approximate surface area is 298 Å².